The molecular weight excluding hydrogens is 318 g/mol. The van der Waals surface area contributed by atoms with E-state index in [1.165, 1.54) is 0 Å². The largest absolute Gasteiger partial charge is 0.381 e. The Morgan fingerprint density at radius 1 is 1.36 bits per heavy atom. The second kappa shape index (κ2) is 7.74. The van der Waals surface area contributed by atoms with Crippen LogP contribution in [0.1, 0.15) is 53.6 Å². The monoisotopic (exact) mass is 343 g/mol. The van der Waals surface area contributed by atoms with Crippen molar-refractivity contribution in [3.63, 3.8) is 0 Å². The number of aromatic nitrogens is 4. The number of aryl methyl sites for hydroxylation is 3. The van der Waals surface area contributed by atoms with Crippen LogP contribution in [0.5, 0.6) is 0 Å². The molecular formula is C18H25N5O2. The number of hydrogen-bond acceptors (Lipinski definition) is 5. The minimum Gasteiger partial charge on any atom is -0.381 e. The molecule has 3 rings (SSSR count). The van der Waals surface area contributed by atoms with E-state index in [0.717, 1.165) is 44.1 Å². The van der Waals surface area contributed by atoms with Crippen LogP contribution in [-0.2, 0) is 11.3 Å². The predicted octanol–water partition coefficient (Wildman–Crippen LogP) is 2.21. The molecule has 1 saturated heterocycles. The molecule has 1 atom stereocenters. The van der Waals surface area contributed by atoms with Gasteiger partial charge in [0.2, 0.25) is 0 Å². The lowest BCUT2D eigenvalue weighted by atomic mass is 9.91. The Bertz CT molecular complexity index is 717. The average Bonchev–Trinajstić information content (AvgIpc) is 3.07. The molecule has 1 N–H and O–H groups in total. The summed E-state index contributed by atoms with van der Waals surface area (Å²) in [5.41, 5.74) is 1.19. The van der Waals surface area contributed by atoms with E-state index in [1.54, 1.807) is 19.2 Å². The standard InChI is InChI=1S/C18H25N5O2/c1-4-23-8-7-19-17(23)16(14-5-9-25-10-6-14)22-18(24)15-11-12(2)20-13(3)21-15/h7-8,11,14,16H,4-6,9-10H2,1-3H3,(H,22,24). The first-order chi connectivity index (χ1) is 12.1. The molecule has 134 valence electrons. The van der Waals surface area contributed by atoms with Gasteiger partial charge in [0.1, 0.15) is 17.3 Å². The van der Waals surface area contributed by atoms with Gasteiger partial charge in [-0.25, -0.2) is 15.0 Å². The lowest BCUT2D eigenvalue weighted by Crippen LogP contribution is -2.38. The Morgan fingerprint density at radius 2 is 2.12 bits per heavy atom. The van der Waals surface area contributed by atoms with E-state index in [2.05, 4.69) is 31.8 Å². The van der Waals surface area contributed by atoms with Crippen LogP contribution in [0.2, 0.25) is 0 Å². The molecule has 1 unspecified atom stereocenters. The molecule has 7 heteroatoms. The smallest absolute Gasteiger partial charge is 0.270 e. The Balaban J connectivity index is 1.87. The first kappa shape index (κ1) is 17.5. The summed E-state index contributed by atoms with van der Waals surface area (Å²) in [7, 11) is 0. The van der Waals surface area contributed by atoms with Gasteiger partial charge >= 0.3 is 0 Å². The maximum Gasteiger partial charge on any atom is 0.270 e. The zero-order valence-corrected chi connectivity index (χ0v) is 15.0. The third kappa shape index (κ3) is 4.04. The number of amides is 1. The number of carbonyl (C=O) groups excluding carboxylic acids is 1. The van der Waals surface area contributed by atoms with Gasteiger partial charge in [-0.2, -0.15) is 0 Å². The van der Waals surface area contributed by atoms with Crippen molar-refractivity contribution < 1.29 is 9.53 Å². The second-order valence-corrected chi connectivity index (χ2v) is 6.41. The molecule has 25 heavy (non-hydrogen) atoms. The van der Waals surface area contributed by atoms with Gasteiger partial charge in [-0.05, 0) is 45.6 Å². The van der Waals surface area contributed by atoms with E-state index in [0.29, 0.717) is 17.4 Å². The zero-order chi connectivity index (χ0) is 17.8. The molecule has 1 fully saturated rings. The Labute approximate surface area is 147 Å². The average molecular weight is 343 g/mol. The summed E-state index contributed by atoms with van der Waals surface area (Å²) in [4.78, 5) is 25.9. The molecule has 2 aromatic heterocycles. The molecule has 0 aliphatic carbocycles. The van der Waals surface area contributed by atoms with Gasteiger partial charge in [0, 0.05) is 37.8 Å². The summed E-state index contributed by atoms with van der Waals surface area (Å²) in [5.74, 6) is 1.61. The highest BCUT2D eigenvalue weighted by atomic mass is 16.5. The molecule has 1 aliphatic heterocycles. The van der Waals surface area contributed by atoms with Crippen molar-refractivity contribution in [1.29, 1.82) is 0 Å². The van der Waals surface area contributed by atoms with Crippen LogP contribution >= 0.6 is 0 Å². The lowest BCUT2D eigenvalue weighted by molar-refractivity contribution is 0.0497. The molecule has 0 spiro atoms. The molecule has 3 heterocycles. The lowest BCUT2D eigenvalue weighted by Gasteiger charge is -2.30. The minimum absolute atomic E-state index is 0.151. The van der Waals surface area contributed by atoms with Crippen molar-refractivity contribution >= 4 is 5.91 Å². The number of rotatable bonds is 5. The van der Waals surface area contributed by atoms with Gasteiger partial charge < -0.3 is 14.6 Å². The van der Waals surface area contributed by atoms with Crippen molar-refractivity contribution in [1.82, 2.24) is 24.8 Å². The van der Waals surface area contributed by atoms with Crippen LogP contribution in [0.3, 0.4) is 0 Å². The van der Waals surface area contributed by atoms with Crippen molar-refractivity contribution in [3.8, 4) is 0 Å². The van der Waals surface area contributed by atoms with E-state index in [-0.39, 0.29) is 11.9 Å². The summed E-state index contributed by atoms with van der Waals surface area (Å²) in [6.07, 6.45) is 5.55. The van der Waals surface area contributed by atoms with Gasteiger partial charge in [-0.1, -0.05) is 0 Å². The summed E-state index contributed by atoms with van der Waals surface area (Å²) in [6, 6.07) is 1.57. The quantitative estimate of drug-likeness (QED) is 0.900. The molecule has 1 amide bonds. The van der Waals surface area contributed by atoms with Crippen LogP contribution in [0, 0.1) is 19.8 Å². The topological polar surface area (TPSA) is 81.9 Å². The maximum absolute atomic E-state index is 12.8. The van der Waals surface area contributed by atoms with Gasteiger partial charge in [0.05, 0.1) is 6.04 Å². The Hall–Kier alpha value is -2.28. The van der Waals surface area contributed by atoms with Gasteiger partial charge in [-0.3, -0.25) is 4.79 Å². The number of nitrogens with zero attached hydrogens (tertiary/aromatic N) is 4. The molecule has 0 radical (unpaired) electrons. The Morgan fingerprint density at radius 3 is 2.80 bits per heavy atom. The van der Waals surface area contributed by atoms with Crippen LogP contribution in [0.4, 0.5) is 0 Å². The molecule has 2 aromatic rings. The normalized spacial score (nSPS) is 16.6. The first-order valence-corrected chi connectivity index (χ1v) is 8.80. The number of imidazole rings is 1. The highest BCUT2D eigenvalue weighted by Crippen LogP contribution is 2.29. The predicted molar refractivity (Wildman–Crippen MR) is 93.2 cm³/mol. The molecule has 1 aliphatic rings. The maximum atomic E-state index is 12.8. The van der Waals surface area contributed by atoms with Gasteiger partial charge in [-0.15, -0.1) is 0 Å². The second-order valence-electron chi connectivity index (χ2n) is 6.41. The Kier molecular flexibility index (Phi) is 5.43. The number of ether oxygens (including phenoxy) is 1. The SMILES string of the molecule is CCn1ccnc1C(NC(=O)c1cc(C)nc(C)n1)C1CCOCC1. The highest BCUT2D eigenvalue weighted by molar-refractivity contribution is 5.92. The number of carbonyl (C=O) groups is 1. The van der Waals surface area contributed by atoms with Gasteiger partial charge in [0.15, 0.2) is 0 Å². The summed E-state index contributed by atoms with van der Waals surface area (Å²) in [5, 5.41) is 3.17. The van der Waals surface area contributed by atoms with E-state index in [9.17, 15) is 4.79 Å². The van der Waals surface area contributed by atoms with Crippen molar-refractivity contribution in [2.45, 2.75) is 46.2 Å². The van der Waals surface area contributed by atoms with Crippen LogP contribution < -0.4 is 5.32 Å². The summed E-state index contributed by atoms with van der Waals surface area (Å²) in [6.45, 7) is 7.99. The van der Waals surface area contributed by atoms with Gasteiger partial charge in [0.25, 0.3) is 5.91 Å². The number of nitrogens with one attached hydrogen (secondary N) is 1. The van der Waals surface area contributed by atoms with Crippen LogP contribution in [0.15, 0.2) is 18.5 Å². The third-order valence-electron chi connectivity index (χ3n) is 4.59. The van der Waals surface area contributed by atoms with E-state index < -0.39 is 0 Å². The van der Waals surface area contributed by atoms with E-state index >= 15 is 0 Å². The van der Waals surface area contributed by atoms with E-state index in [1.807, 2.05) is 13.1 Å². The van der Waals surface area contributed by atoms with Crippen LogP contribution in [0.25, 0.3) is 0 Å². The number of hydrogen-bond donors (Lipinski definition) is 1. The fourth-order valence-electron chi connectivity index (χ4n) is 3.36. The fraction of sp³-hybridized carbons (Fsp3) is 0.556. The first-order valence-electron chi connectivity index (χ1n) is 8.80. The minimum atomic E-state index is -0.184. The van der Waals surface area contributed by atoms with Crippen molar-refractivity contribution in [2.24, 2.45) is 5.92 Å². The molecule has 0 bridgehead atoms. The molecule has 7 nitrogen and oxygen atoms in total. The molecule has 0 aromatic carbocycles. The summed E-state index contributed by atoms with van der Waals surface area (Å²) < 4.78 is 7.56. The van der Waals surface area contributed by atoms with Crippen LogP contribution in [-0.4, -0.2) is 38.6 Å². The zero-order valence-electron chi connectivity index (χ0n) is 15.0. The highest BCUT2D eigenvalue weighted by Gasteiger charge is 2.30. The fourth-order valence-corrected chi connectivity index (χ4v) is 3.36. The summed E-state index contributed by atoms with van der Waals surface area (Å²) >= 11 is 0. The van der Waals surface area contributed by atoms with Crippen molar-refractivity contribution in [3.05, 3.63) is 41.5 Å². The third-order valence-corrected chi connectivity index (χ3v) is 4.59. The van der Waals surface area contributed by atoms with E-state index in [4.69, 9.17) is 4.74 Å². The van der Waals surface area contributed by atoms with Crippen molar-refractivity contribution in [2.75, 3.05) is 13.2 Å². The molecule has 0 saturated carbocycles.